The summed E-state index contributed by atoms with van der Waals surface area (Å²) in [5.41, 5.74) is 0.382. The zero-order valence-corrected chi connectivity index (χ0v) is 9.23. The predicted molar refractivity (Wildman–Crippen MR) is 55.0 cm³/mol. The van der Waals surface area contributed by atoms with Crippen molar-refractivity contribution in [1.82, 2.24) is 20.3 Å². The summed E-state index contributed by atoms with van der Waals surface area (Å²) < 4.78 is 1.42. The highest BCUT2D eigenvalue weighted by molar-refractivity contribution is 5.86. The lowest BCUT2D eigenvalue weighted by atomic mass is 10.3. The van der Waals surface area contributed by atoms with E-state index in [1.807, 2.05) is 6.92 Å². The van der Waals surface area contributed by atoms with Gasteiger partial charge < -0.3 is 10.4 Å². The molecule has 2 N–H and O–H groups in total. The van der Waals surface area contributed by atoms with E-state index in [1.54, 1.807) is 6.92 Å². The third kappa shape index (κ3) is 2.78. The largest absolute Gasteiger partial charge is 0.476 e. The number of amides is 1. The van der Waals surface area contributed by atoms with Crippen LogP contribution in [-0.2, 0) is 11.3 Å². The summed E-state index contributed by atoms with van der Waals surface area (Å²) in [7, 11) is 0. The van der Waals surface area contributed by atoms with Crippen LogP contribution in [0.2, 0.25) is 0 Å². The van der Waals surface area contributed by atoms with Gasteiger partial charge in [-0.1, -0.05) is 5.21 Å². The summed E-state index contributed by atoms with van der Waals surface area (Å²) in [4.78, 5) is 21.9. The molecule has 1 amide bonds. The number of aromatic nitrogens is 3. The number of carboxylic acid groups (broad SMARTS) is 1. The quantitative estimate of drug-likeness (QED) is 0.725. The Labute approximate surface area is 92.4 Å². The van der Waals surface area contributed by atoms with Crippen LogP contribution >= 0.6 is 0 Å². The van der Waals surface area contributed by atoms with E-state index in [9.17, 15) is 9.59 Å². The minimum atomic E-state index is -1.11. The molecule has 7 heteroatoms. The van der Waals surface area contributed by atoms with Crippen LogP contribution < -0.4 is 5.32 Å². The van der Waals surface area contributed by atoms with E-state index >= 15 is 0 Å². The lowest BCUT2D eigenvalue weighted by molar-refractivity contribution is -0.121. The normalized spacial score (nSPS) is 10.1. The van der Waals surface area contributed by atoms with Gasteiger partial charge in [-0.3, -0.25) is 4.79 Å². The number of rotatable bonds is 5. The molecule has 0 saturated heterocycles. The van der Waals surface area contributed by atoms with E-state index in [-0.39, 0.29) is 18.0 Å². The zero-order valence-electron chi connectivity index (χ0n) is 9.23. The van der Waals surface area contributed by atoms with Gasteiger partial charge in [-0.25, -0.2) is 9.48 Å². The summed E-state index contributed by atoms with van der Waals surface area (Å²) in [6, 6.07) is 0. The molecule has 1 rings (SSSR count). The van der Waals surface area contributed by atoms with E-state index in [2.05, 4.69) is 15.6 Å². The standard InChI is InChI=1S/C9H14N4O3/c1-3-10-7(14)4-5-13-6(2)8(9(15)16)11-12-13/h3-5H2,1-2H3,(H,10,14)(H,15,16). The van der Waals surface area contributed by atoms with Gasteiger partial charge in [0, 0.05) is 13.0 Å². The first-order valence-corrected chi connectivity index (χ1v) is 4.96. The minimum Gasteiger partial charge on any atom is -0.476 e. The van der Waals surface area contributed by atoms with Crippen molar-refractivity contribution in [2.24, 2.45) is 0 Å². The van der Waals surface area contributed by atoms with Crippen LogP contribution in [0.3, 0.4) is 0 Å². The van der Waals surface area contributed by atoms with Crippen LogP contribution in [0.25, 0.3) is 0 Å². The Kier molecular flexibility index (Phi) is 3.98. The topological polar surface area (TPSA) is 97.1 Å². The first kappa shape index (κ1) is 12.2. The maximum atomic E-state index is 11.2. The Morgan fingerprint density at radius 1 is 1.50 bits per heavy atom. The Morgan fingerprint density at radius 3 is 2.69 bits per heavy atom. The van der Waals surface area contributed by atoms with Crippen molar-refractivity contribution in [2.75, 3.05) is 6.54 Å². The third-order valence-corrected chi connectivity index (χ3v) is 2.11. The molecule has 0 aliphatic rings. The lowest BCUT2D eigenvalue weighted by Gasteiger charge is -2.03. The molecule has 0 aliphatic heterocycles. The minimum absolute atomic E-state index is 0.0732. The fourth-order valence-corrected chi connectivity index (χ4v) is 1.26. The molecule has 0 fully saturated rings. The molecule has 16 heavy (non-hydrogen) atoms. The van der Waals surface area contributed by atoms with Gasteiger partial charge in [-0.2, -0.15) is 0 Å². The summed E-state index contributed by atoms with van der Waals surface area (Å²) >= 11 is 0. The summed E-state index contributed by atoms with van der Waals surface area (Å²) in [5.74, 6) is -1.20. The number of hydrogen-bond donors (Lipinski definition) is 2. The molecule has 0 saturated carbocycles. The van der Waals surface area contributed by atoms with Gasteiger partial charge in [0.1, 0.15) is 0 Å². The first-order chi connectivity index (χ1) is 7.56. The van der Waals surface area contributed by atoms with Gasteiger partial charge in [-0.05, 0) is 13.8 Å². The fourth-order valence-electron chi connectivity index (χ4n) is 1.26. The Balaban J connectivity index is 2.61. The van der Waals surface area contributed by atoms with Gasteiger partial charge in [0.2, 0.25) is 5.91 Å². The lowest BCUT2D eigenvalue weighted by Crippen LogP contribution is -2.24. The van der Waals surface area contributed by atoms with Crippen LogP contribution in [0.4, 0.5) is 0 Å². The van der Waals surface area contributed by atoms with E-state index in [1.165, 1.54) is 4.68 Å². The summed E-state index contributed by atoms with van der Waals surface area (Å²) in [6.45, 7) is 4.36. The van der Waals surface area contributed by atoms with Crippen molar-refractivity contribution in [3.63, 3.8) is 0 Å². The van der Waals surface area contributed by atoms with Gasteiger partial charge in [0.25, 0.3) is 0 Å². The second-order valence-electron chi connectivity index (χ2n) is 3.26. The highest BCUT2D eigenvalue weighted by atomic mass is 16.4. The molecule has 0 aromatic carbocycles. The highest BCUT2D eigenvalue weighted by Gasteiger charge is 2.15. The molecule has 88 valence electrons. The molecule has 7 nitrogen and oxygen atoms in total. The van der Waals surface area contributed by atoms with Gasteiger partial charge in [-0.15, -0.1) is 5.10 Å². The van der Waals surface area contributed by atoms with E-state index in [4.69, 9.17) is 5.11 Å². The monoisotopic (exact) mass is 226 g/mol. The van der Waals surface area contributed by atoms with Crippen LogP contribution in [-0.4, -0.2) is 38.5 Å². The number of aryl methyl sites for hydroxylation is 1. The molecule has 0 aliphatic carbocycles. The van der Waals surface area contributed by atoms with Crippen molar-refractivity contribution in [3.05, 3.63) is 11.4 Å². The van der Waals surface area contributed by atoms with Gasteiger partial charge in [0.05, 0.1) is 12.2 Å². The van der Waals surface area contributed by atoms with Crippen LogP contribution in [0, 0.1) is 6.92 Å². The molecule has 0 radical (unpaired) electrons. The van der Waals surface area contributed by atoms with Crippen LogP contribution in [0.15, 0.2) is 0 Å². The molecule has 1 aromatic rings. The predicted octanol–water partition coefficient (Wildman–Crippen LogP) is -0.189. The second-order valence-corrected chi connectivity index (χ2v) is 3.26. The second kappa shape index (κ2) is 5.24. The number of carboxylic acids is 1. The number of carbonyl (C=O) groups excluding carboxylic acids is 1. The average molecular weight is 226 g/mol. The Morgan fingerprint density at radius 2 is 2.19 bits per heavy atom. The van der Waals surface area contributed by atoms with Crippen molar-refractivity contribution < 1.29 is 14.7 Å². The van der Waals surface area contributed by atoms with Crippen molar-refractivity contribution in [3.8, 4) is 0 Å². The van der Waals surface area contributed by atoms with Crippen LogP contribution in [0.1, 0.15) is 29.5 Å². The van der Waals surface area contributed by atoms with Gasteiger partial charge in [0.15, 0.2) is 5.69 Å². The zero-order chi connectivity index (χ0) is 12.1. The molecule has 0 bridgehead atoms. The fraction of sp³-hybridized carbons (Fsp3) is 0.556. The van der Waals surface area contributed by atoms with Gasteiger partial charge >= 0.3 is 5.97 Å². The number of nitrogens with one attached hydrogen (secondary N) is 1. The summed E-state index contributed by atoms with van der Waals surface area (Å²) in [6.07, 6.45) is 0.261. The molecular weight excluding hydrogens is 212 g/mol. The number of carbonyl (C=O) groups is 2. The van der Waals surface area contributed by atoms with Crippen molar-refractivity contribution in [2.45, 2.75) is 26.8 Å². The first-order valence-electron chi connectivity index (χ1n) is 4.96. The van der Waals surface area contributed by atoms with Crippen LogP contribution in [0.5, 0.6) is 0 Å². The van der Waals surface area contributed by atoms with Crippen molar-refractivity contribution in [1.29, 1.82) is 0 Å². The number of hydrogen-bond acceptors (Lipinski definition) is 4. The van der Waals surface area contributed by atoms with E-state index in [0.29, 0.717) is 18.8 Å². The molecule has 0 spiro atoms. The molecule has 1 heterocycles. The van der Waals surface area contributed by atoms with E-state index < -0.39 is 5.97 Å². The maximum Gasteiger partial charge on any atom is 0.358 e. The average Bonchev–Trinajstić information content (AvgIpc) is 2.57. The number of nitrogens with zero attached hydrogens (tertiary/aromatic N) is 3. The van der Waals surface area contributed by atoms with E-state index in [0.717, 1.165) is 0 Å². The molecule has 0 atom stereocenters. The molecule has 0 unspecified atom stereocenters. The maximum absolute atomic E-state index is 11.2. The summed E-state index contributed by atoms with van der Waals surface area (Å²) in [5, 5.41) is 18.6. The molecule has 1 aromatic heterocycles. The number of aromatic carboxylic acids is 1. The third-order valence-electron chi connectivity index (χ3n) is 2.11. The molecular formula is C9H14N4O3. The highest BCUT2D eigenvalue weighted by Crippen LogP contribution is 2.03. The SMILES string of the molecule is CCNC(=O)CCn1nnc(C(=O)O)c1C. The Bertz CT molecular complexity index is 399. The smallest absolute Gasteiger partial charge is 0.358 e. The van der Waals surface area contributed by atoms with Crippen molar-refractivity contribution >= 4 is 11.9 Å². The Hall–Kier alpha value is -1.92.